The molecule has 10 heavy (non-hydrogen) atoms. The van der Waals surface area contributed by atoms with Gasteiger partial charge in [-0.1, -0.05) is 11.6 Å². The highest BCUT2D eigenvalue weighted by atomic mass is 35.5. The molecule has 0 radical (unpaired) electrons. The first kappa shape index (κ1) is 6.13. The smallest absolute Gasteiger partial charge is 0.123 e. The van der Waals surface area contributed by atoms with Crippen LogP contribution in [0.4, 0.5) is 0 Å². The lowest BCUT2D eigenvalue weighted by Crippen LogP contribution is -1.84. The molecule has 3 heteroatoms. The molecule has 0 N–H and O–H groups in total. The molecule has 2 rings (SSSR count). The van der Waals surface area contributed by atoms with Crippen LogP contribution in [0.15, 0.2) is 18.3 Å². The summed E-state index contributed by atoms with van der Waals surface area (Å²) in [5.41, 5.74) is 0.938. The van der Waals surface area contributed by atoms with Gasteiger partial charge in [-0.2, -0.15) is 0 Å². The molecule has 1 saturated heterocycles. The minimum atomic E-state index is 0.207. The molecule has 1 atom stereocenters. The first-order chi connectivity index (χ1) is 4.86. The van der Waals surface area contributed by atoms with Crippen molar-refractivity contribution in [2.45, 2.75) is 6.10 Å². The number of rotatable bonds is 1. The minimum absolute atomic E-state index is 0.207. The molecule has 1 aliphatic rings. The van der Waals surface area contributed by atoms with Crippen molar-refractivity contribution in [3.63, 3.8) is 0 Å². The molecule has 1 fully saturated rings. The molecule has 1 aromatic heterocycles. The van der Waals surface area contributed by atoms with Gasteiger partial charge in [-0.05, 0) is 12.1 Å². The van der Waals surface area contributed by atoms with Crippen molar-refractivity contribution in [1.29, 1.82) is 0 Å². The highest BCUT2D eigenvalue weighted by Gasteiger charge is 2.25. The lowest BCUT2D eigenvalue weighted by Gasteiger charge is -1.92. The van der Waals surface area contributed by atoms with E-state index in [2.05, 4.69) is 4.98 Å². The Morgan fingerprint density at radius 1 is 1.70 bits per heavy atom. The van der Waals surface area contributed by atoms with E-state index in [0.29, 0.717) is 0 Å². The van der Waals surface area contributed by atoms with E-state index in [0.717, 1.165) is 17.3 Å². The zero-order valence-electron chi connectivity index (χ0n) is 5.25. The van der Waals surface area contributed by atoms with Gasteiger partial charge in [0, 0.05) is 11.2 Å². The summed E-state index contributed by atoms with van der Waals surface area (Å²) in [6.07, 6.45) is 1.90. The first-order valence-corrected chi connectivity index (χ1v) is 3.47. The highest BCUT2D eigenvalue weighted by molar-refractivity contribution is 6.30. The lowest BCUT2D eigenvalue weighted by atomic mass is 10.3. The standard InChI is InChI=1S/C7H6ClNO/c8-5-1-2-9-6(3-5)7-4-10-7/h1-3,7H,4H2. The van der Waals surface area contributed by atoms with E-state index < -0.39 is 0 Å². The van der Waals surface area contributed by atoms with Gasteiger partial charge in [0.1, 0.15) is 6.10 Å². The molecule has 1 aromatic rings. The van der Waals surface area contributed by atoms with Crippen LogP contribution in [0.25, 0.3) is 0 Å². The average molecular weight is 156 g/mol. The van der Waals surface area contributed by atoms with Crippen molar-refractivity contribution >= 4 is 11.6 Å². The van der Waals surface area contributed by atoms with Gasteiger partial charge in [-0.15, -0.1) is 0 Å². The quantitative estimate of drug-likeness (QED) is 0.578. The number of ether oxygens (including phenoxy) is 1. The third-order valence-electron chi connectivity index (χ3n) is 1.41. The Bertz CT molecular complexity index is 247. The largest absolute Gasteiger partial charge is 0.366 e. The molecule has 0 spiro atoms. The van der Waals surface area contributed by atoms with Crippen LogP contribution in [0.5, 0.6) is 0 Å². The third-order valence-corrected chi connectivity index (χ3v) is 1.64. The fraction of sp³-hybridized carbons (Fsp3) is 0.286. The monoisotopic (exact) mass is 155 g/mol. The van der Waals surface area contributed by atoms with Crippen LogP contribution in [-0.4, -0.2) is 11.6 Å². The summed E-state index contributed by atoms with van der Waals surface area (Å²) < 4.78 is 5.03. The molecule has 0 saturated carbocycles. The molecule has 2 nitrogen and oxygen atoms in total. The summed E-state index contributed by atoms with van der Waals surface area (Å²) in [6.45, 7) is 0.785. The lowest BCUT2D eigenvalue weighted by molar-refractivity contribution is 0.411. The summed E-state index contributed by atoms with van der Waals surface area (Å²) in [6, 6.07) is 3.59. The van der Waals surface area contributed by atoms with Crippen LogP contribution in [0.1, 0.15) is 11.8 Å². The third kappa shape index (κ3) is 1.13. The SMILES string of the molecule is Clc1ccnc(C2CO2)c1. The number of aromatic nitrogens is 1. The van der Waals surface area contributed by atoms with E-state index in [4.69, 9.17) is 16.3 Å². The molecule has 0 aromatic carbocycles. The van der Waals surface area contributed by atoms with Gasteiger partial charge in [-0.3, -0.25) is 4.98 Å². The molecule has 2 heterocycles. The van der Waals surface area contributed by atoms with E-state index >= 15 is 0 Å². The van der Waals surface area contributed by atoms with Crippen molar-refractivity contribution in [1.82, 2.24) is 4.98 Å². The minimum Gasteiger partial charge on any atom is -0.366 e. The van der Waals surface area contributed by atoms with Crippen LogP contribution >= 0.6 is 11.6 Å². The second-order valence-corrected chi connectivity index (χ2v) is 2.66. The summed E-state index contributed by atoms with van der Waals surface area (Å²) in [7, 11) is 0. The molecule has 0 amide bonds. The number of nitrogens with zero attached hydrogens (tertiary/aromatic N) is 1. The van der Waals surface area contributed by atoms with Gasteiger partial charge < -0.3 is 4.74 Å². The van der Waals surface area contributed by atoms with Crippen LogP contribution in [0.2, 0.25) is 5.02 Å². The van der Waals surface area contributed by atoms with Crippen molar-refractivity contribution in [3.05, 3.63) is 29.0 Å². The molecular formula is C7H6ClNO. The topological polar surface area (TPSA) is 25.4 Å². The Hall–Kier alpha value is -0.600. The number of pyridine rings is 1. The summed E-state index contributed by atoms with van der Waals surface area (Å²) in [4.78, 5) is 4.09. The molecule has 1 unspecified atom stereocenters. The number of hydrogen-bond acceptors (Lipinski definition) is 2. The van der Waals surface area contributed by atoms with Crippen LogP contribution in [0, 0.1) is 0 Å². The highest BCUT2D eigenvalue weighted by Crippen LogP contribution is 2.28. The fourth-order valence-electron chi connectivity index (χ4n) is 0.816. The molecular weight excluding hydrogens is 150 g/mol. The van der Waals surface area contributed by atoms with Gasteiger partial charge in [0.2, 0.25) is 0 Å². The van der Waals surface area contributed by atoms with Gasteiger partial charge in [-0.25, -0.2) is 0 Å². The van der Waals surface area contributed by atoms with E-state index in [9.17, 15) is 0 Å². The Balaban J connectivity index is 2.32. The second kappa shape index (κ2) is 2.22. The van der Waals surface area contributed by atoms with Crippen molar-refractivity contribution < 1.29 is 4.74 Å². The maximum absolute atomic E-state index is 5.72. The summed E-state index contributed by atoms with van der Waals surface area (Å²) in [5.74, 6) is 0. The zero-order chi connectivity index (χ0) is 6.97. The Morgan fingerprint density at radius 2 is 2.50 bits per heavy atom. The maximum atomic E-state index is 5.72. The van der Waals surface area contributed by atoms with Crippen molar-refractivity contribution in [2.75, 3.05) is 6.61 Å². The van der Waals surface area contributed by atoms with Gasteiger partial charge in [0.05, 0.1) is 12.3 Å². The first-order valence-electron chi connectivity index (χ1n) is 3.09. The maximum Gasteiger partial charge on any atom is 0.123 e. The van der Waals surface area contributed by atoms with Crippen LogP contribution in [-0.2, 0) is 4.74 Å². The summed E-state index contributed by atoms with van der Waals surface area (Å²) in [5, 5.41) is 0.723. The van der Waals surface area contributed by atoms with Crippen molar-refractivity contribution in [3.8, 4) is 0 Å². The average Bonchev–Trinajstić information content (AvgIpc) is 2.68. The molecule has 0 bridgehead atoms. The molecule has 1 aliphatic heterocycles. The predicted octanol–water partition coefficient (Wildman–Crippen LogP) is 1.81. The van der Waals surface area contributed by atoms with E-state index in [1.807, 2.05) is 6.07 Å². The predicted molar refractivity (Wildman–Crippen MR) is 37.9 cm³/mol. The molecule has 0 aliphatic carbocycles. The van der Waals surface area contributed by atoms with Gasteiger partial charge >= 0.3 is 0 Å². The summed E-state index contributed by atoms with van der Waals surface area (Å²) >= 11 is 5.72. The van der Waals surface area contributed by atoms with Crippen molar-refractivity contribution in [2.24, 2.45) is 0 Å². The number of halogens is 1. The van der Waals surface area contributed by atoms with Crippen LogP contribution in [0.3, 0.4) is 0 Å². The normalized spacial score (nSPS) is 22.7. The number of hydrogen-bond donors (Lipinski definition) is 0. The Morgan fingerprint density at radius 3 is 3.10 bits per heavy atom. The Kier molecular flexibility index (Phi) is 1.36. The van der Waals surface area contributed by atoms with Gasteiger partial charge in [0.25, 0.3) is 0 Å². The van der Waals surface area contributed by atoms with Crippen LogP contribution < -0.4 is 0 Å². The number of epoxide rings is 1. The van der Waals surface area contributed by atoms with E-state index in [1.165, 1.54) is 0 Å². The Labute approximate surface area is 63.8 Å². The zero-order valence-corrected chi connectivity index (χ0v) is 6.01. The second-order valence-electron chi connectivity index (χ2n) is 2.22. The van der Waals surface area contributed by atoms with E-state index in [1.54, 1.807) is 12.3 Å². The van der Waals surface area contributed by atoms with Gasteiger partial charge in [0.15, 0.2) is 0 Å². The molecule has 52 valence electrons. The fourth-order valence-corrected chi connectivity index (χ4v) is 0.984. The van der Waals surface area contributed by atoms with E-state index in [-0.39, 0.29) is 6.10 Å².